The third kappa shape index (κ3) is 7.06. The number of anilines is 2. The van der Waals surface area contributed by atoms with E-state index in [0.717, 1.165) is 41.3 Å². The third-order valence-corrected chi connectivity index (χ3v) is 5.69. The number of hydrogen-bond donors (Lipinski definition) is 3. The van der Waals surface area contributed by atoms with Crippen LogP contribution in [0.25, 0.3) is 0 Å². The summed E-state index contributed by atoms with van der Waals surface area (Å²) in [7, 11) is 3.75. The van der Waals surface area contributed by atoms with Crippen LogP contribution in [-0.2, 0) is 6.61 Å². The molecule has 4 rings (SSSR count). The lowest BCUT2D eigenvalue weighted by Crippen LogP contribution is -2.20. The van der Waals surface area contributed by atoms with E-state index in [1.165, 1.54) is 11.8 Å². The summed E-state index contributed by atoms with van der Waals surface area (Å²) < 4.78 is 6.06. The Bertz CT molecular complexity index is 1060. The summed E-state index contributed by atoms with van der Waals surface area (Å²) in [6, 6.07) is 10.7. The van der Waals surface area contributed by atoms with Gasteiger partial charge >= 0.3 is 0 Å². The molecule has 1 amide bonds. The van der Waals surface area contributed by atoms with Crippen LogP contribution in [0.2, 0.25) is 0 Å². The average Bonchev–Trinajstić information content (AvgIpc) is 3.34. The topological polar surface area (TPSA) is 132 Å². The Morgan fingerprint density at radius 1 is 1.15 bits per heavy atom. The Kier molecular flexibility index (Phi) is 8.85. The zero-order valence-electron chi connectivity index (χ0n) is 18.8. The zero-order chi connectivity index (χ0) is 23.6. The molecule has 0 unspecified atom stereocenters. The SMILES string of the molecule is CNC.NC(=O)c1ccc(Sc2cnc(N3CCCC3)nc2OCc2ccnc(N)c2)cc1. The van der Waals surface area contributed by atoms with Gasteiger partial charge in [0.2, 0.25) is 17.7 Å². The van der Waals surface area contributed by atoms with Gasteiger partial charge in [0, 0.05) is 29.7 Å². The molecule has 1 aliphatic heterocycles. The minimum atomic E-state index is -0.453. The van der Waals surface area contributed by atoms with E-state index in [2.05, 4.69) is 25.2 Å². The van der Waals surface area contributed by atoms with Crippen LogP contribution in [0, 0.1) is 0 Å². The highest BCUT2D eigenvalue weighted by Gasteiger charge is 2.18. The summed E-state index contributed by atoms with van der Waals surface area (Å²) in [5.41, 5.74) is 12.5. The molecule has 0 aliphatic carbocycles. The van der Waals surface area contributed by atoms with Crippen molar-refractivity contribution in [1.82, 2.24) is 20.3 Å². The normalized spacial score (nSPS) is 12.7. The van der Waals surface area contributed by atoms with Crippen molar-refractivity contribution >= 4 is 29.4 Å². The number of pyridine rings is 1. The molecule has 0 radical (unpaired) electrons. The maximum atomic E-state index is 11.3. The quantitative estimate of drug-likeness (QED) is 0.480. The molecule has 5 N–H and O–H groups in total. The number of rotatable bonds is 7. The zero-order valence-corrected chi connectivity index (χ0v) is 19.6. The van der Waals surface area contributed by atoms with Crippen molar-refractivity contribution in [3.63, 3.8) is 0 Å². The first-order valence-corrected chi connectivity index (χ1v) is 11.4. The number of nitrogen functional groups attached to an aromatic ring is 1. The van der Waals surface area contributed by atoms with Crippen molar-refractivity contribution in [1.29, 1.82) is 0 Å². The first kappa shape index (κ1) is 24.3. The number of ether oxygens (including phenoxy) is 1. The van der Waals surface area contributed by atoms with E-state index >= 15 is 0 Å². The van der Waals surface area contributed by atoms with E-state index in [0.29, 0.717) is 29.8 Å². The van der Waals surface area contributed by atoms with E-state index in [-0.39, 0.29) is 0 Å². The Morgan fingerprint density at radius 3 is 2.48 bits per heavy atom. The molecule has 3 heterocycles. The molecular formula is C23H29N7O2S. The number of carbonyl (C=O) groups excluding carboxylic acids is 1. The van der Waals surface area contributed by atoms with E-state index < -0.39 is 5.91 Å². The van der Waals surface area contributed by atoms with Crippen LogP contribution in [0.15, 0.2) is 58.6 Å². The lowest BCUT2D eigenvalue weighted by atomic mass is 10.2. The van der Waals surface area contributed by atoms with Crippen molar-refractivity contribution in [2.24, 2.45) is 5.73 Å². The lowest BCUT2D eigenvalue weighted by Gasteiger charge is -2.17. The summed E-state index contributed by atoms with van der Waals surface area (Å²) in [5, 5.41) is 2.75. The smallest absolute Gasteiger partial charge is 0.248 e. The Morgan fingerprint density at radius 2 is 1.85 bits per heavy atom. The highest BCUT2D eigenvalue weighted by molar-refractivity contribution is 7.99. The monoisotopic (exact) mass is 467 g/mol. The Labute approximate surface area is 198 Å². The highest BCUT2D eigenvalue weighted by atomic mass is 32.2. The maximum Gasteiger partial charge on any atom is 0.248 e. The summed E-state index contributed by atoms with van der Waals surface area (Å²) in [5.74, 6) is 1.17. The number of nitrogens with two attached hydrogens (primary N) is 2. The molecule has 1 fully saturated rings. The number of nitrogens with zero attached hydrogens (tertiary/aromatic N) is 4. The van der Waals surface area contributed by atoms with Crippen LogP contribution < -0.4 is 26.4 Å². The van der Waals surface area contributed by atoms with E-state index in [9.17, 15) is 4.79 Å². The minimum absolute atomic E-state index is 0.317. The number of nitrogens with one attached hydrogen (secondary N) is 1. The van der Waals surface area contributed by atoms with Gasteiger partial charge < -0.3 is 26.4 Å². The highest BCUT2D eigenvalue weighted by Crippen LogP contribution is 2.35. The number of primary amides is 1. The van der Waals surface area contributed by atoms with E-state index in [4.69, 9.17) is 16.2 Å². The van der Waals surface area contributed by atoms with Crippen LogP contribution in [0.5, 0.6) is 5.88 Å². The Balaban J connectivity index is 0.000000968. The molecule has 2 aromatic heterocycles. The molecular weight excluding hydrogens is 438 g/mol. The molecule has 3 aromatic rings. The van der Waals surface area contributed by atoms with Crippen LogP contribution in [-0.4, -0.2) is 48.0 Å². The first-order valence-electron chi connectivity index (χ1n) is 10.6. The molecule has 0 saturated carbocycles. The molecule has 1 saturated heterocycles. The van der Waals surface area contributed by atoms with Crippen molar-refractivity contribution in [3.8, 4) is 5.88 Å². The fourth-order valence-corrected chi connectivity index (χ4v) is 3.96. The molecule has 0 bridgehead atoms. The molecule has 0 atom stereocenters. The van der Waals surface area contributed by atoms with Gasteiger partial charge in [-0.05, 0) is 68.9 Å². The van der Waals surface area contributed by atoms with Gasteiger partial charge in [-0.1, -0.05) is 11.8 Å². The van der Waals surface area contributed by atoms with Crippen LogP contribution in [0.4, 0.5) is 11.8 Å². The number of amides is 1. The van der Waals surface area contributed by atoms with Crippen molar-refractivity contribution in [3.05, 3.63) is 59.9 Å². The van der Waals surface area contributed by atoms with E-state index in [1.54, 1.807) is 30.6 Å². The summed E-state index contributed by atoms with van der Waals surface area (Å²) in [6.07, 6.45) is 5.71. The summed E-state index contributed by atoms with van der Waals surface area (Å²) >= 11 is 1.47. The summed E-state index contributed by atoms with van der Waals surface area (Å²) in [4.78, 5) is 28.4. The number of carbonyl (C=O) groups is 1. The second kappa shape index (κ2) is 12.0. The van der Waals surface area contributed by atoms with Gasteiger partial charge in [0.05, 0.1) is 11.1 Å². The largest absolute Gasteiger partial charge is 0.472 e. The second-order valence-corrected chi connectivity index (χ2v) is 8.52. The van der Waals surface area contributed by atoms with Crippen LogP contribution >= 0.6 is 11.8 Å². The standard InChI is InChI=1S/C21H22N6O2S.C2H7N/c22-18-11-14(7-8-24-18)13-29-20-17(12-25-21(26-20)27-9-1-2-10-27)30-16-5-3-15(4-6-16)19(23)28;1-3-2/h3-8,11-12H,1-2,9-10,13H2,(H2,22,24)(H2,23,28);3H,1-2H3. The molecule has 0 spiro atoms. The van der Waals surface area contributed by atoms with Gasteiger partial charge in [-0.25, -0.2) is 9.97 Å². The van der Waals surface area contributed by atoms with E-state index in [1.807, 2.05) is 32.3 Å². The number of benzene rings is 1. The molecule has 1 aliphatic rings. The predicted octanol–water partition coefficient (Wildman–Crippen LogP) is 2.72. The predicted molar refractivity (Wildman–Crippen MR) is 131 cm³/mol. The van der Waals surface area contributed by atoms with Crippen LogP contribution in [0.3, 0.4) is 0 Å². The number of aromatic nitrogens is 3. The van der Waals surface area contributed by atoms with Gasteiger partial charge in [-0.3, -0.25) is 4.79 Å². The number of hydrogen-bond acceptors (Lipinski definition) is 9. The lowest BCUT2D eigenvalue weighted by molar-refractivity contribution is 0.1000. The van der Waals surface area contributed by atoms with Crippen LogP contribution in [0.1, 0.15) is 28.8 Å². The second-order valence-electron chi connectivity index (χ2n) is 7.40. The van der Waals surface area contributed by atoms with Crippen molar-refractivity contribution in [2.75, 3.05) is 37.8 Å². The van der Waals surface area contributed by atoms with Gasteiger partial charge in [0.1, 0.15) is 12.4 Å². The Hall–Kier alpha value is -3.37. The van der Waals surface area contributed by atoms with Gasteiger partial charge in [-0.2, -0.15) is 4.98 Å². The molecule has 33 heavy (non-hydrogen) atoms. The molecule has 174 valence electrons. The molecule has 10 heteroatoms. The average molecular weight is 468 g/mol. The maximum absolute atomic E-state index is 11.3. The fraction of sp³-hybridized carbons (Fsp3) is 0.304. The van der Waals surface area contributed by atoms with Gasteiger partial charge in [-0.15, -0.1) is 0 Å². The molecule has 1 aromatic carbocycles. The fourth-order valence-electron chi connectivity index (χ4n) is 3.14. The van der Waals surface area contributed by atoms with Crippen molar-refractivity contribution < 1.29 is 9.53 Å². The summed E-state index contributed by atoms with van der Waals surface area (Å²) in [6.45, 7) is 2.21. The van der Waals surface area contributed by atoms with Crippen molar-refractivity contribution in [2.45, 2.75) is 29.2 Å². The molecule has 9 nitrogen and oxygen atoms in total. The third-order valence-electron chi connectivity index (χ3n) is 4.69. The van der Waals surface area contributed by atoms with Gasteiger partial charge in [0.15, 0.2) is 0 Å². The van der Waals surface area contributed by atoms with Gasteiger partial charge in [0.25, 0.3) is 0 Å². The first-order chi connectivity index (χ1) is 16.0. The minimum Gasteiger partial charge on any atom is -0.472 e.